The Labute approximate surface area is 236 Å². The van der Waals surface area contributed by atoms with Gasteiger partial charge in [0, 0.05) is 61.6 Å². The summed E-state index contributed by atoms with van der Waals surface area (Å²) >= 11 is 6.11. The van der Waals surface area contributed by atoms with Crippen LogP contribution in [0, 0.1) is 0 Å². The molecule has 3 aromatic carbocycles. The molecule has 0 atom stereocenters. The number of anilines is 1. The fourth-order valence-corrected chi connectivity index (χ4v) is 5.16. The minimum Gasteiger partial charge on any atom is -0.457 e. The lowest BCUT2D eigenvalue weighted by Gasteiger charge is -2.34. The number of aromatic nitrogens is 1. The number of fused-ring (bicyclic) bond motifs is 1. The number of ether oxygens (including phenoxy) is 1. The number of halogens is 1. The number of hydrogen-bond donors (Lipinski definition) is 2. The van der Waals surface area contributed by atoms with Crippen LogP contribution < -0.4 is 15.4 Å². The van der Waals surface area contributed by atoms with E-state index in [1.807, 2.05) is 72.9 Å². The lowest BCUT2D eigenvalue weighted by molar-refractivity contribution is 0.131. The zero-order chi connectivity index (χ0) is 26.7. The van der Waals surface area contributed by atoms with Gasteiger partial charge in [-0.1, -0.05) is 41.9 Å². The second-order valence-electron chi connectivity index (χ2n) is 10.1. The third kappa shape index (κ3) is 8.41. The minimum atomic E-state index is 0.721. The molecule has 1 aromatic heterocycles. The molecule has 0 amide bonds. The van der Waals surface area contributed by atoms with E-state index in [2.05, 4.69) is 37.6 Å². The first-order valence-corrected chi connectivity index (χ1v) is 14.4. The van der Waals surface area contributed by atoms with Crippen LogP contribution in [0.1, 0.15) is 18.4 Å². The Morgan fingerprint density at radius 1 is 0.769 bits per heavy atom. The van der Waals surface area contributed by atoms with Crippen LogP contribution in [0.5, 0.6) is 11.5 Å². The topological polar surface area (TPSA) is 52.7 Å². The highest BCUT2D eigenvalue weighted by Crippen LogP contribution is 2.24. The van der Waals surface area contributed by atoms with Gasteiger partial charge in [0.1, 0.15) is 11.5 Å². The average molecular weight is 544 g/mol. The fraction of sp³-hybridized carbons (Fsp3) is 0.344. The molecule has 5 rings (SSSR count). The molecule has 0 radical (unpaired) electrons. The van der Waals surface area contributed by atoms with Crippen LogP contribution in [-0.4, -0.2) is 67.1 Å². The molecule has 0 aliphatic carbocycles. The molecule has 0 unspecified atom stereocenters. The number of piperazine rings is 1. The molecule has 2 N–H and O–H groups in total. The monoisotopic (exact) mass is 543 g/mol. The van der Waals surface area contributed by atoms with E-state index < -0.39 is 0 Å². The second kappa shape index (κ2) is 14.3. The highest BCUT2D eigenvalue weighted by Gasteiger charge is 2.15. The van der Waals surface area contributed by atoms with E-state index in [1.54, 1.807) is 0 Å². The molecule has 204 valence electrons. The van der Waals surface area contributed by atoms with Gasteiger partial charge in [-0.3, -0.25) is 4.98 Å². The van der Waals surface area contributed by atoms with E-state index in [0.717, 1.165) is 98.4 Å². The van der Waals surface area contributed by atoms with Crippen molar-refractivity contribution < 1.29 is 4.74 Å². The van der Waals surface area contributed by atoms with E-state index in [4.69, 9.17) is 16.3 Å². The molecule has 1 aliphatic heterocycles. The summed E-state index contributed by atoms with van der Waals surface area (Å²) in [7, 11) is 0. The highest BCUT2D eigenvalue weighted by atomic mass is 35.5. The van der Waals surface area contributed by atoms with Gasteiger partial charge in [-0.05, 0) is 86.6 Å². The largest absolute Gasteiger partial charge is 0.457 e. The highest BCUT2D eigenvalue weighted by molar-refractivity contribution is 6.31. The van der Waals surface area contributed by atoms with E-state index in [0.29, 0.717) is 0 Å². The zero-order valence-corrected chi connectivity index (χ0v) is 23.2. The fourth-order valence-electron chi connectivity index (χ4n) is 5.00. The molecule has 0 spiro atoms. The predicted octanol–water partition coefficient (Wildman–Crippen LogP) is 6.28. The lowest BCUT2D eigenvalue weighted by Crippen LogP contribution is -2.47. The van der Waals surface area contributed by atoms with Gasteiger partial charge < -0.3 is 25.2 Å². The van der Waals surface area contributed by atoms with Gasteiger partial charge in [0.25, 0.3) is 0 Å². The van der Waals surface area contributed by atoms with Crippen LogP contribution in [0.4, 0.5) is 5.69 Å². The van der Waals surface area contributed by atoms with Crippen molar-refractivity contribution in [1.29, 1.82) is 0 Å². The zero-order valence-electron chi connectivity index (χ0n) is 22.5. The first-order chi connectivity index (χ1) is 19.2. The molecule has 0 saturated carbocycles. The summed E-state index contributed by atoms with van der Waals surface area (Å²) in [5.74, 6) is 1.73. The third-order valence-corrected chi connectivity index (χ3v) is 7.43. The molecule has 1 aliphatic rings. The number of hydrogen-bond acceptors (Lipinski definition) is 6. The molecule has 1 saturated heterocycles. The van der Waals surface area contributed by atoms with Gasteiger partial charge in [0.2, 0.25) is 0 Å². The van der Waals surface area contributed by atoms with Gasteiger partial charge in [-0.25, -0.2) is 0 Å². The van der Waals surface area contributed by atoms with Gasteiger partial charge in [0.15, 0.2) is 0 Å². The summed E-state index contributed by atoms with van der Waals surface area (Å²) in [5, 5.41) is 9.01. The molecule has 0 bridgehead atoms. The number of rotatable bonds is 13. The smallest absolute Gasteiger partial charge is 0.127 e. The van der Waals surface area contributed by atoms with Gasteiger partial charge in [-0.15, -0.1) is 0 Å². The average Bonchev–Trinajstić information content (AvgIpc) is 2.97. The Balaban J connectivity index is 0.914. The summed E-state index contributed by atoms with van der Waals surface area (Å²) < 4.78 is 5.88. The summed E-state index contributed by atoms with van der Waals surface area (Å²) in [4.78, 5) is 9.61. The van der Waals surface area contributed by atoms with Crippen molar-refractivity contribution in [3.05, 3.63) is 95.6 Å². The standard InChI is InChI=1S/C32H38ClN5O/c33-27-10-13-30-31(14-17-36-32(30)24-27)35-16-5-19-38-22-20-37(21-23-38)18-4-15-34-25-26-8-11-29(12-9-26)39-28-6-2-1-3-7-28/h1-3,6-14,17,24,34H,4-5,15-16,18-23,25H2,(H,35,36). The Hall–Kier alpha value is -3.16. The van der Waals surface area contributed by atoms with Gasteiger partial charge in [0.05, 0.1) is 5.52 Å². The Bertz CT molecular complexity index is 1290. The van der Waals surface area contributed by atoms with Crippen molar-refractivity contribution in [2.45, 2.75) is 19.4 Å². The van der Waals surface area contributed by atoms with Gasteiger partial charge >= 0.3 is 0 Å². The summed E-state index contributed by atoms with van der Waals surface area (Å²) in [6.45, 7) is 9.79. The van der Waals surface area contributed by atoms with Crippen LogP contribution in [-0.2, 0) is 6.54 Å². The van der Waals surface area contributed by atoms with Crippen molar-refractivity contribution in [1.82, 2.24) is 20.1 Å². The van der Waals surface area contributed by atoms with Crippen LogP contribution in [0.2, 0.25) is 5.02 Å². The van der Waals surface area contributed by atoms with E-state index in [1.165, 1.54) is 12.0 Å². The molecule has 4 aromatic rings. The molecule has 1 fully saturated rings. The molecule has 2 heterocycles. The Kier molecular flexibility index (Phi) is 10.0. The normalized spacial score (nSPS) is 14.5. The molecular weight excluding hydrogens is 506 g/mol. The molecular formula is C32H38ClN5O. The van der Waals surface area contributed by atoms with Crippen LogP contribution in [0.15, 0.2) is 85.1 Å². The van der Waals surface area contributed by atoms with E-state index >= 15 is 0 Å². The third-order valence-electron chi connectivity index (χ3n) is 7.20. The number of pyridine rings is 1. The molecule has 6 nitrogen and oxygen atoms in total. The number of nitrogens with one attached hydrogen (secondary N) is 2. The number of nitrogens with zero attached hydrogens (tertiary/aromatic N) is 3. The SMILES string of the molecule is Clc1ccc2c(NCCCN3CCN(CCCNCc4ccc(Oc5ccccc5)cc4)CC3)ccnc2c1. The first-order valence-electron chi connectivity index (χ1n) is 14.0. The minimum absolute atomic E-state index is 0.721. The summed E-state index contributed by atoms with van der Waals surface area (Å²) in [6.07, 6.45) is 4.14. The first kappa shape index (κ1) is 27.4. The number of benzene rings is 3. The predicted molar refractivity (Wildman–Crippen MR) is 162 cm³/mol. The van der Waals surface area contributed by atoms with Crippen molar-refractivity contribution in [2.75, 3.05) is 57.7 Å². The maximum Gasteiger partial charge on any atom is 0.127 e. The maximum absolute atomic E-state index is 6.11. The number of para-hydroxylation sites is 1. The maximum atomic E-state index is 6.11. The molecule has 7 heteroatoms. The van der Waals surface area contributed by atoms with Crippen LogP contribution >= 0.6 is 11.6 Å². The summed E-state index contributed by atoms with van der Waals surface area (Å²) in [6, 6.07) is 26.2. The van der Waals surface area contributed by atoms with Crippen molar-refractivity contribution in [3.63, 3.8) is 0 Å². The quantitative estimate of drug-likeness (QED) is 0.194. The second-order valence-corrected chi connectivity index (χ2v) is 10.5. The molecule has 39 heavy (non-hydrogen) atoms. The van der Waals surface area contributed by atoms with Crippen LogP contribution in [0.3, 0.4) is 0 Å². The van der Waals surface area contributed by atoms with Crippen molar-refractivity contribution in [2.24, 2.45) is 0 Å². The van der Waals surface area contributed by atoms with Crippen molar-refractivity contribution >= 4 is 28.2 Å². The van der Waals surface area contributed by atoms with Crippen molar-refractivity contribution in [3.8, 4) is 11.5 Å². The Morgan fingerprint density at radius 2 is 1.46 bits per heavy atom. The van der Waals surface area contributed by atoms with Gasteiger partial charge in [-0.2, -0.15) is 0 Å². The van der Waals surface area contributed by atoms with E-state index in [-0.39, 0.29) is 0 Å². The Morgan fingerprint density at radius 3 is 2.21 bits per heavy atom. The summed E-state index contributed by atoms with van der Waals surface area (Å²) in [5.41, 5.74) is 3.34. The van der Waals surface area contributed by atoms with E-state index in [9.17, 15) is 0 Å². The lowest BCUT2D eigenvalue weighted by atomic mass is 10.2. The van der Waals surface area contributed by atoms with Crippen LogP contribution in [0.25, 0.3) is 10.9 Å².